The Balaban J connectivity index is 0.000000963. The van der Waals surface area contributed by atoms with Crippen molar-refractivity contribution in [1.29, 1.82) is 0 Å². The summed E-state index contributed by atoms with van der Waals surface area (Å²) in [5.41, 5.74) is 0.203. The summed E-state index contributed by atoms with van der Waals surface area (Å²) in [6.45, 7) is 20.7. The summed E-state index contributed by atoms with van der Waals surface area (Å²) in [4.78, 5) is 41.1. The summed E-state index contributed by atoms with van der Waals surface area (Å²) in [5, 5.41) is 0.919. The van der Waals surface area contributed by atoms with Crippen LogP contribution in [0.3, 0.4) is 0 Å². The summed E-state index contributed by atoms with van der Waals surface area (Å²) in [7, 11) is 0. The molecule has 9 heteroatoms. The third-order valence-electron chi connectivity index (χ3n) is 11.3. The van der Waals surface area contributed by atoms with Gasteiger partial charge in [-0.05, 0) is 0 Å². The van der Waals surface area contributed by atoms with Gasteiger partial charge in [-0.25, -0.2) is 0 Å². The second-order valence-corrected chi connectivity index (χ2v) is 47.1. The van der Waals surface area contributed by atoms with Crippen molar-refractivity contribution in [3.8, 4) is 0 Å². The zero-order valence-corrected chi connectivity index (χ0v) is 47.5. The molecule has 0 atom stereocenters. The molecular weight excluding hydrogens is 1030 g/mol. The fraction of sp³-hybridized carbons (Fsp3) is 0.809. The molecule has 5 nitrogen and oxygen atoms in total. The topological polar surface area (TPSA) is 63.7 Å². The molecule has 1 saturated heterocycles. The van der Waals surface area contributed by atoms with Crippen LogP contribution in [0, 0.1) is 0 Å². The van der Waals surface area contributed by atoms with Gasteiger partial charge in [0.2, 0.25) is 0 Å². The predicted molar refractivity (Wildman–Crippen MR) is 252 cm³/mol. The summed E-state index contributed by atoms with van der Waals surface area (Å²) < 4.78 is 15.4. The third-order valence-corrected chi connectivity index (χ3v) is 45.4. The SMILES string of the molecule is CCC[CH2][Sn]([CH2]CCC)([CH2]CCC)[c]1ccc(C(=O)ON2C(=O)CCC2=O)c(Cl)c1.CCC[CH2][Sn]([CH2]CCC)[CH2]CCC.CCC[CH2][Sn]([CH2]CCC)[CH2]CCC. The van der Waals surface area contributed by atoms with Crippen molar-refractivity contribution < 1.29 is 19.2 Å². The van der Waals surface area contributed by atoms with Crippen molar-refractivity contribution >= 4 is 90.9 Å². The average molecular weight is 1120 g/mol. The molecule has 2 radical (unpaired) electrons. The first-order chi connectivity index (χ1) is 27.1. The zero-order valence-electron chi connectivity index (χ0n) is 38.2. The van der Waals surface area contributed by atoms with Gasteiger partial charge in [0.05, 0.1) is 0 Å². The number of benzene rings is 1. The van der Waals surface area contributed by atoms with Crippen LogP contribution in [0.4, 0.5) is 0 Å². The molecular formula is C47H88ClNO4Sn3. The first kappa shape index (κ1) is 56.5. The number of halogens is 1. The number of hydrogen-bond acceptors (Lipinski definition) is 4. The Kier molecular flexibility index (Phi) is 37.6. The predicted octanol–water partition coefficient (Wildman–Crippen LogP) is 15.4. The van der Waals surface area contributed by atoms with E-state index in [9.17, 15) is 14.4 Å². The van der Waals surface area contributed by atoms with Crippen molar-refractivity contribution in [3.05, 3.63) is 28.8 Å². The number of carbonyl (C=O) groups is 3. The van der Waals surface area contributed by atoms with Crippen molar-refractivity contribution in [1.82, 2.24) is 5.06 Å². The van der Waals surface area contributed by atoms with Crippen LogP contribution in [0.2, 0.25) is 45.0 Å². The van der Waals surface area contributed by atoms with Crippen LogP contribution in [0.5, 0.6) is 0 Å². The van der Waals surface area contributed by atoms with Gasteiger partial charge in [0.15, 0.2) is 0 Å². The number of nitrogens with zero attached hydrogens (tertiary/aromatic N) is 1. The molecule has 1 fully saturated rings. The van der Waals surface area contributed by atoms with Crippen LogP contribution >= 0.6 is 11.6 Å². The molecule has 2 rings (SSSR count). The van der Waals surface area contributed by atoms with Crippen LogP contribution in [0.15, 0.2) is 18.2 Å². The van der Waals surface area contributed by atoms with Crippen molar-refractivity contribution in [2.24, 2.45) is 0 Å². The van der Waals surface area contributed by atoms with Gasteiger partial charge >= 0.3 is 375 Å². The first-order valence-electron chi connectivity index (χ1n) is 23.6. The molecule has 0 aliphatic carbocycles. The standard InChI is InChI=1S/C11H7ClNO4.9C4H9.3Sn/c12-8-4-2-1-3-7(8)11(16)17-13-9(14)5-6-10(13)15;9*1-3-4-2;;;/h1,3-4H,5-6H2;9*1,3-4H2,2H3;;;. The Bertz CT molecular complexity index is 1050. The van der Waals surface area contributed by atoms with E-state index in [1.54, 1.807) is 32.7 Å². The van der Waals surface area contributed by atoms with E-state index >= 15 is 0 Å². The van der Waals surface area contributed by atoms with E-state index < -0.39 is 75.7 Å². The van der Waals surface area contributed by atoms with Gasteiger partial charge in [-0.1, -0.05) is 0 Å². The van der Waals surface area contributed by atoms with E-state index in [0.717, 1.165) is 0 Å². The van der Waals surface area contributed by atoms with E-state index in [0.29, 0.717) is 10.1 Å². The minimum atomic E-state index is -2.65. The molecule has 0 spiro atoms. The van der Waals surface area contributed by atoms with Crippen molar-refractivity contribution in [2.45, 2.75) is 231 Å². The number of imide groups is 1. The molecule has 2 amide bonds. The van der Waals surface area contributed by atoms with Gasteiger partial charge in [-0.3, -0.25) is 0 Å². The van der Waals surface area contributed by atoms with Gasteiger partial charge in [0, 0.05) is 0 Å². The van der Waals surface area contributed by atoms with Crippen LogP contribution in [0.25, 0.3) is 0 Å². The van der Waals surface area contributed by atoms with Crippen LogP contribution in [0.1, 0.15) is 201 Å². The number of amides is 2. The Hall–Kier alpha value is 0.516. The Morgan fingerprint density at radius 1 is 0.571 bits per heavy atom. The average Bonchev–Trinajstić information content (AvgIpc) is 3.52. The monoisotopic (exact) mass is 1130 g/mol. The fourth-order valence-electron chi connectivity index (χ4n) is 7.46. The molecule has 0 unspecified atom stereocenters. The summed E-state index contributed by atoms with van der Waals surface area (Å²) >= 11 is 2.20. The maximum atomic E-state index is 12.6. The number of unbranched alkanes of at least 4 members (excludes halogenated alkanes) is 9. The molecule has 56 heavy (non-hydrogen) atoms. The molecule has 0 saturated carbocycles. The third kappa shape index (κ3) is 24.7. The second kappa shape index (κ2) is 37.3. The zero-order chi connectivity index (χ0) is 42.0. The summed E-state index contributed by atoms with van der Waals surface area (Å²) in [6, 6.07) is 5.76. The molecule has 0 N–H and O–H groups in total. The normalized spacial score (nSPS) is 12.9. The Morgan fingerprint density at radius 3 is 1.18 bits per heavy atom. The van der Waals surface area contributed by atoms with Gasteiger partial charge in [0.25, 0.3) is 0 Å². The number of hydroxylamine groups is 2. The number of rotatable bonds is 30. The molecule has 1 aromatic carbocycles. The molecule has 1 aliphatic heterocycles. The van der Waals surface area contributed by atoms with Gasteiger partial charge in [-0.15, -0.1) is 0 Å². The van der Waals surface area contributed by atoms with Gasteiger partial charge in [-0.2, -0.15) is 0 Å². The Labute approximate surface area is 371 Å². The van der Waals surface area contributed by atoms with E-state index in [2.05, 4.69) is 68.4 Å². The molecule has 1 heterocycles. The van der Waals surface area contributed by atoms with Gasteiger partial charge in [0.1, 0.15) is 0 Å². The molecule has 0 aromatic heterocycles. The molecule has 0 bridgehead atoms. The minimum absolute atomic E-state index is 0.0715. The summed E-state index contributed by atoms with van der Waals surface area (Å²) in [6.07, 6.45) is 25.1. The summed E-state index contributed by atoms with van der Waals surface area (Å²) in [5.74, 6) is -1.74. The van der Waals surface area contributed by atoms with Crippen LogP contribution < -0.4 is 3.58 Å². The maximum absolute atomic E-state index is 12.6. The van der Waals surface area contributed by atoms with Crippen molar-refractivity contribution in [2.75, 3.05) is 0 Å². The van der Waals surface area contributed by atoms with E-state index in [1.807, 2.05) is 6.07 Å². The van der Waals surface area contributed by atoms with Crippen molar-refractivity contribution in [3.63, 3.8) is 0 Å². The molecule has 324 valence electrons. The van der Waals surface area contributed by atoms with E-state index in [4.69, 9.17) is 16.4 Å². The van der Waals surface area contributed by atoms with Crippen LogP contribution in [-0.4, -0.2) is 80.7 Å². The van der Waals surface area contributed by atoms with E-state index in [-0.39, 0.29) is 18.4 Å². The fourth-order valence-corrected chi connectivity index (χ4v) is 42.8. The number of carbonyl (C=O) groups excluding carboxylic acids is 3. The second-order valence-electron chi connectivity index (χ2n) is 16.4. The molecule has 1 aliphatic rings. The first-order valence-corrected chi connectivity index (χ1v) is 43.6. The van der Waals surface area contributed by atoms with Crippen LogP contribution in [-0.2, 0) is 14.4 Å². The quantitative estimate of drug-likeness (QED) is 0.0569. The van der Waals surface area contributed by atoms with Gasteiger partial charge < -0.3 is 0 Å². The number of hydrogen-bond donors (Lipinski definition) is 0. The Morgan fingerprint density at radius 2 is 0.893 bits per heavy atom. The van der Waals surface area contributed by atoms with E-state index in [1.165, 1.54) is 132 Å². The molecule has 1 aromatic rings.